The molecule has 4 fully saturated rings. The highest BCUT2D eigenvalue weighted by Gasteiger charge is 2.57. The van der Waals surface area contributed by atoms with Crippen LogP contribution in [0.2, 0.25) is 0 Å². The van der Waals surface area contributed by atoms with Crippen LogP contribution in [-0.2, 0) is 21.0 Å². The molecule has 1 aliphatic heterocycles. The maximum atomic E-state index is 14.1. The van der Waals surface area contributed by atoms with Gasteiger partial charge in [0.1, 0.15) is 12.3 Å². The van der Waals surface area contributed by atoms with Gasteiger partial charge in [0.15, 0.2) is 0 Å². The van der Waals surface area contributed by atoms with E-state index in [0.29, 0.717) is 35.3 Å². The number of aliphatic hydroxyl groups is 1. The number of nitrogens with two attached hydrogens (primary N) is 1. The van der Waals surface area contributed by atoms with Crippen molar-refractivity contribution in [2.75, 3.05) is 32.6 Å². The lowest BCUT2D eigenvalue weighted by molar-refractivity contribution is -0.175. The van der Waals surface area contributed by atoms with Gasteiger partial charge >= 0.3 is 0 Å². The van der Waals surface area contributed by atoms with E-state index in [1.54, 1.807) is 19.0 Å². The zero-order chi connectivity index (χ0) is 34.8. The Balaban J connectivity index is 0.00000160. The fourth-order valence-electron chi connectivity index (χ4n) is 8.17. The molecular formula is C37H55N5O5. The Kier molecular flexibility index (Phi) is 11.5. The summed E-state index contributed by atoms with van der Waals surface area (Å²) in [5.41, 5.74) is 11.9. The van der Waals surface area contributed by atoms with Crippen LogP contribution in [0.3, 0.4) is 0 Å². The lowest BCUT2D eigenvalue weighted by atomic mass is 9.45. The molecule has 4 aliphatic rings. The number of nitrogens with zero attached hydrogens (tertiary/aromatic N) is 2. The van der Waals surface area contributed by atoms with Crippen molar-refractivity contribution in [3.63, 3.8) is 0 Å². The first-order chi connectivity index (χ1) is 22.2. The van der Waals surface area contributed by atoms with Crippen LogP contribution in [-0.4, -0.2) is 80.2 Å². The number of hydrogen-bond acceptors (Lipinski definition) is 8. The zero-order valence-electron chi connectivity index (χ0n) is 29.5. The highest BCUT2D eigenvalue weighted by molar-refractivity contribution is 5.96. The average Bonchev–Trinajstić information content (AvgIpc) is 3.41. The van der Waals surface area contributed by atoms with Gasteiger partial charge in [0.2, 0.25) is 5.91 Å². The molecule has 1 heterocycles. The fraction of sp³-hybridized carbons (Fsp3) is 0.595. The van der Waals surface area contributed by atoms with Crippen LogP contribution in [0.4, 0.5) is 5.69 Å². The summed E-state index contributed by atoms with van der Waals surface area (Å²) in [5.74, 6) is 0.905. The number of carbonyl (C=O) groups is 3. The van der Waals surface area contributed by atoms with Gasteiger partial charge in [0.25, 0.3) is 5.91 Å². The van der Waals surface area contributed by atoms with Crippen LogP contribution < -0.4 is 21.3 Å². The molecule has 0 aromatic heterocycles. The van der Waals surface area contributed by atoms with Gasteiger partial charge in [-0.05, 0) is 97.2 Å². The summed E-state index contributed by atoms with van der Waals surface area (Å²) >= 11 is 0. The molecule has 10 heteroatoms. The predicted octanol–water partition coefficient (Wildman–Crippen LogP) is 3.92. The zero-order valence-corrected chi connectivity index (χ0v) is 29.5. The van der Waals surface area contributed by atoms with Crippen molar-refractivity contribution in [1.82, 2.24) is 15.7 Å². The minimum absolute atomic E-state index is 0.106. The summed E-state index contributed by atoms with van der Waals surface area (Å²) in [5, 5.41) is 18.7. The van der Waals surface area contributed by atoms with Gasteiger partial charge in [-0.15, -0.1) is 0 Å². The van der Waals surface area contributed by atoms with Crippen LogP contribution in [0, 0.1) is 36.0 Å². The molecule has 10 nitrogen and oxygen atoms in total. The molecule has 258 valence electrons. The van der Waals surface area contributed by atoms with Crippen molar-refractivity contribution in [3.05, 3.63) is 53.1 Å². The normalized spacial score (nSPS) is 28.3. The van der Waals surface area contributed by atoms with Gasteiger partial charge in [0, 0.05) is 50.9 Å². The number of rotatable bonds is 9. The number of carbonyl (C=O) groups excluding carboxylic acids is 3. The molecule has 3 aliphatic carbocycles. The molecule has 1 saturated heterocycles. The summed E-state index contributed by atoms with van der Waals surface area (Å²) in [4.78, 5) is 43.8. The van der Waals surface area contributed by atoms with E-state index in [9.17, 15) is 14.7 Å². The number of aldehydes is 1. The lowest BCUT2D eigenvalue weighted by Gasteiger charge is -2.62. The monoisotopic (exact) mass is 649 g/mol. The molecule has 5 N–H and O–H groups in total. The average molecular weight is 650 g/mol. The van der Waals surface area contributed by atoms with Gasteiger partial charge < -0.3 is 31.2 Å². The number of aliphatic hydroxyl groups excluding tert-OH is 1. The van der Waals surface area contributed by atoms with E-state index < -0.39 is 24.2 Å². The number of hydrogen-bond donors (Lipinski definition) is 4. The highest BCUT2D eigenvalue weighted by Crippen LogP contribution is 2.61. The van der Waals surface area contributed by atoms with Crippen LogP contribution in [0.1, 0.15) is 68.9 Å². The smallest absolute Gasteiger partial charge is 0.251 e. The van der Waals surface area contributed by atoms with E-state index in [4.69, 9.17) is 15.4 Å². The number of fused-ring (bicyclic) bond motifs is 2. The molecular weight excluding hydrogens is 594 g/mol. The van der Waals surface area contributed by atoms with E-state index >= 15 is 0 Å². The summed E-state index contributed by atoms with van der Waals surface area (Å²) in [6, 6.07) is 11.4. The summed E-state index contributed by atoms with van der Waals surface area (Å²) in [6.07, 6.45) is 1.72. The summed E-state index contributed by atoms with van der Waals surface area (Å²) < 4.78 is 0. The minimum Gasteiger partial charge on any atom is -0.393 e. The fourth-order valence-corrected chi connectivity index (χ4v) is 8.17. The molecule has 2 aromatic rings. The molecule has 3 saturated carbocycles. The van der Waals surface area contributed by atoms with Gasteiger partial charge in [0.05, 0.1) is 18.8 Å². The van der Waals surface area contributed by atoms with Gasteiger partial charge in [-0.25, -0.2) is 0 Å². The Morgan fingerprint density at radius 1 is 1.21 bits per heavy atom. The third-order valence-electron chi connectivity index (χ3n) is 11.1. The van der Waals surface area contributed by atoms with Crippen molar-refractivity contribution < 1.29 is 24.3 Å². The van der Waals surface area contributed by atoms with E-state index in [1.807, 2.05) is 43.3 Å². The van der Waals surface area contributed by atoms with Crippen LogP contribution in [0.5, 0.6) is 0 Å². The first-order valence-electron chi connectivity index (χ1n) is 16.8. The quantitative estimate of drug-likeness (QED) is 0.300. The molecule has 47 heavy (non-hydrogen) atoms. The topological polar surface area (TPSA) is 137 Å². The number of amides is 2. The predicted molar refractivity (Wildman–Crippen MR) is 186 cm³/mol. The van der Waals surface area contributed by atoms with Gasteiger partial charge in [-0.3, -0.25) is 14.4 Å². The molecule has 2 amide bonds. The molecule has 0 spiro atoms. The Bertz CT molecular complexity index is 1440. The van der Waals surface area contributed by atoms with E-state index in [1.165, 1.54) is 13.3 Å². The Morgan fingerprint density at radius 2 is 1.89 bits per heavy atom. The third-order valence-corrected chi connectivity index (χ3v) is 11.1. The largest absolute Gasteiger partial charge is 0.393 e. The number of nitrogens with one attached hydrogen (secondary N) is 2. The highest BCUT2D eigenvalue weighted by atomic mass is 16.7. The van der Waals surface area contributed by atoms with Crippen LogP contribution >= 0.6 is 0 Å². The van der Waals surface area contributed by atoms with Crippen LogP contribution in [0.15, 0.2) is 36.4 Å². The molecule has 2 aromatic carbocycles. The van der Waals surface area contributed by atoms with Gasteiger partial charge in [-0.1, -0.05) is 39.0 Å². The third kappa shape index (κ3) is 7.26. The molecule has 0 unspecified atom stereocenters. The molecule has 8 atom stereocenters. The van der Waals surface area contributed by atoms with Crippen molar-refractivity contribution in [2.45, 2.75) is 85.2 Å². The number of anilines is 1. The summed E-state index contributed by atoms with van der Waals surface area (Å²) in [6.45, 7) is 12.7. The van der Waals surface area contributed by atoms with Crippen molar-refractivity contribution in [2.24, 2.45) is 34.8 Å². The molecule has 0 radical (unpaired) electrons. The van der Waals surface area contributed by atoms with Crippen molar-refractivity contribution >= 4 is 23.8 Å². The first kappa shape index (κ1) is 36.5. The van der Waals surface area contributed by atoms with Gasteiger partial charge in [-0.2, -0.15) is 5.06 Å². The lowest BCUT2D eigenvalue weighted by Crippen LogP contribution is -2.62. The number of benzene rings is 2. The SMILES string of the molecule is CC=O.CNC(=O)c1cc(-c2cccc(CN3O[C@@H](CN)[C@@H]([C@H](C)O)[C@H]3C(=O)N[C@H]3C[C@H]4C[C@@H]([C@@H]3C)C4(C)C)c2C)cc(N(C)C)c1. The first-order valence-corrected chi connectivity index (χ1v) is 16.8. The maximum Gasteiger partial charge on any atom is 0.251 e. The Morgan fingerprint density at radius 3 is 2.45 bits per heavy atom. The minimum atomic E-state index is -0.773. The Hall–Kier alpha value is -3.31. The van der Waals surface area contributed by atoms with E-state index in [2.05, 4.69) is 50.5 Å². The van der Waals surface area contributed by atoms with Crippen molar-refractivity contribution in [1.29, 1.82) is 0 Å². The van der Waals surface area contributed by atoms with E-state index in [0.717, 1.165) is 40.6 Å². The second-order valence-corrected chi connectivity index (χ2v) is 14.4. The van der Waals surface area contributed by atoms with Crippen LogP contribution in [0.25, 0.3) is 11.1 Å². The Labute approximate surface area is 280 Å². The standard InChI is InChI=1S/C35H51N5O4.C2H4O/c1-19-22(10-9-11-27(19)23-12-24(33(42)37-6)14-26(13-23)39(7)8)18-40-32(31(21(3)41)30(17-36)44-40)34(43)38-29-16-25-15-28(20(29)2)35(25,4)5;1-2-3/h9-14,20-21,25,28-32,41H,15-18,36H2,1-8H3,(H,37,42)(H,38,43);2H,1H3/t20-,21-,25+,28-,29-,30-,31+,32-;/m0./s1. The van der Waals surface area contributed by atoms with Crippen molar-refractivity contribution in [3.8, 4) is 11.1 Å². The molecule has 6 rings (SSSR count). The second kappa shape index (κ2) is 14.8. The second-order valence-electron chi connectivity index (χ2n) is 14.4. The van der Waals surface area contributed by atoms with E-state index in [-0.39, 0.29) is 24.4 Å². The maximum absolute atomic E-state index is 14.1. The molecule has 2 bridgehead atoms. The summed E-state index contributed by atoms with van der Waals surface area (Å²) in [7, 11) is 5.54. The number of hydroxylamine groups is 2.